The van der Waals surface area contributed by atoms with Crippen LogP contribution in [0.2, 0.25) is 0 Å². The van der Waals surface area contributed by atoms with Crippen LogP contribution in [0.25, 0.3) is 0 Å². The average Bonchev–Trinajstić information content (AvgIpc) is 2.34. The summed E-state index contributed by atoms with van der Waals surface area (Å²) in [6.07, 6.45) is 1.02. The molecule has 12 heavy (non-hydrogen) atoms. The molecule has 0 spiro atoms. The van der Waals surface area contributed by atoms with Gasteiger partial charge in [0.05, 0.1) is 0 Å². The van der Waals surface area contributed by atoms with Gasteiger partial charge in [0, 0.05) is 19.5 Å². The highest BCUT2D eigenvalue weighted by Crippen LogP contribution is 2.14. The number of rotatable bonds is 3. The van der Waals surface area contributed by atoms with Crippen LogP contribution in [0.15, 0.2) is 0 Å². The first kappa shape index (κ1) is 9.19. The molecule has 1 aromatic heterocycles. The van der Waals surface area contributed by atoms with Gasteiger partial charge in [0.15, 0.2) is 0 Å². The van der Waals surface area contributed by atoms with Gasteiger partial charge < -0.3 is 5.73 Å². The maximum absolute atomic E-state index is 5.61. The lowest BCUT2D eigenvalue weighted by molar-refractivity contribution is 0.579. The number of aryl methyl sites for hydroxylation is 2. The van der Waals surface area contributed by atoms with E-state index in [4.69, 9.17) is 5.73 Å². The smallest absolute Gasteiger partial charge is 0.147 e. The molecule has 0 aliphatic heterocycles. The van der Waals surface area contributed by atoms with Crippen LogP contribution in [-0.2, 0) is 7.05 Å². The minimum Gasteiger partial charge on any atom is -0.330 e. The highest BCUT2D eigenvalue weighted by molar-refractivity contribution is 4.99. The molecule has 0 bridgehead atoms. The first-order chi connectivity index (χ1) is 5.69. The molecule has 0 aliphatic rings. The first-order valence-electron chi connectivity index (χ1n) is 4.26. The van der Waals surface area contributed by atoms with Crippen molar-refractivity contribution < 1.29 is 0 Å². The maximum atomic E-state index is 5.61. The molecule has 0 fully saturated rings. The Hall–Kier alpha value is -0.900. The van der Waals surface area contributed by atoms with Gasteiger partial charge in [0.1, 0.15) is 11.6 Å². The van der Waals surface area contributed by atoms with E-state index >= 15 is 0 Å². The SMILES string of the molecule is CCC(CN)c1nc(C)nn1C. The summed E-state index contributed by atoms with van der Waals surface area (Å²) < 4.78 is 1.82. The molecule has 68 valence electrons. The third-order valence-corrected chi connectivity index (χ3v) is 2.05. The van der Waals surface area contributed by atoms with Crippen LogP contribution in [0.3, 0.4) is 0 Å². The number of nitrogens with zero attached hydrogens (tertiary/aromatic N) is 3. The molecule has 0 aromatic carbocycles. The predicted molar refractivity (Wildman–Crippen MR) is 47.8 cm³/mol. The van der Waals surface area contributed by atoms with E-state index in [1.807, 2.05) is 18.7 Å². The fourth-order valence-electron chi connectivity index (χ4n) is 1.34. The molecule has 4 nitrogen and oxygen atoms in total. The fourth-order valence-corrected chi connectivity index (χ4v) is 1.34. The Bertz CT molecular complexity index is 250. The van der Waals surface area contributed by atoms with E-state index in [0.29, 0.717) is 12.5 Å². The van der Waals surface area contributed by atoms with Crippen molar-refractivity contribution in [3.63, 3.8) is 0 Å². The molecule has 0 radical (unpaired) electrons. The molecule has 0 amide bonds. The molecule has 1 unspecified atom stereocenters. The minimum absolute atomic E-state index is 0.344. The van der Waals surface area contributed by atoms with E-state index in [9.17, 15) is 0 Å². The molecule has 1 rings (SSSR count). The number of nitrogens with two attached hydrogens (primary N) is 1. The standard InChI is InChI=1S/C8H16N4/c1-4-7(5-9)8-10-6(2)11-12(8)3/h7H,4-5,9H2,1-3H3. The molecule has 0 saturated carbocycles. The van der Waals surface area contributed by atoms with Crippen molar-refractivity contribution in [3.8, 4) is 0 Å². The Morgan fingerprint density at radius 2 is 2.25 bits per heavy atom. The van der Waals surface area contributed by atoms with Crippen LogP contribution < -0.4 is 5.73 Å². The van der Waals surface area contributed by atoms with Gasteiger partial charge in [-0.2, -0.15) is 5.10 Å². The monoisotopic (exact) mass is 168 g/mol. The van der Waals surface area contributed by atoms with E-state index < -0.39 is 0 Å². The Labute approximate surface area is 72.8 Å². The number of hydrogen-bond donors (Lipinski definition) is 1. The molecular formula is C8H16N4. The van der Waals surface area contributed by atoms with E-state index in [0.717, 1.165) is 18.1 Å². The van der Waals surface area contributed by atoms with Crippen LogP contribution in [0.5, 0.6) is 0 Å². The summed E-state index contributed by atoms with van der Waals surface area (Å²) in [6.45, 7) is 4.65. The molecule has 1 aromatic rings. The normalized spacial score (nSPS) is 13.3. The predicted octanol–water partition coefficient (Wildman–Crippen LogP) is 0.576. The third-order valence-electron chi connectivity index (χ3n) is 2.05. The molecular weight excluding hydrogens is 152 g/mol. The van der Waals surface area contributed by atoms with Crippen molar-refractivity contribution in [1.82, 2.24) is 14.8 Å². The van der Waals surface area contributed by atoms with Crippen LogP contribution in [0, 0.1) is 6.92 Å². The van der Waals surface area contributed by atoms with Crippen molar-refractivity contribution in [2.45, 2.75) is 26.2 Å². The van der Waals surface area contributed by atoms with Crippen molar-refractivity contribution in [1.29, 1.82) is 0 Å². The van der Waals surface area contributed by atoms with Gasteiger partial charge in [-0.15, -0.1) is 0 Å². The zero-order valence-electron chi connectivity index (χ0n) is 7.91. The fraction of sp³-hybridized carbons (Fsp3) is 0.750. The summed E-state index contributed by atoms with van der Waals surface area (Å²) in [4.78, 5) is 4.32. The Morgan fingerprint density at radius 3 is 2.58 bits per heavy atom. The Kier molecular flexibility index (Phi) is 2.81. The van der Waals surface area contributed by atoms with E-state index in [-0.39, 0.29) is 0 Å². The summed E-state index contributed by atoms with van der Waals surface area (Å²) in [5.41, 5.74) is 5.61. The lowest BCUT2D eigenvalue weighted by Crippen LogP contribution is -2.16. The van der Waals surface area contributed by atoms with Gasteiger partial charge in [-0.25, -0.2) is 4.98 Å². The van der Waals surface area contributed by atoms with Gasteiger partial charge in [-0.1, -0.05) is 6.92 Å². The summed E-state index contributed by atoms with van der Waals surface area (Å²) in [6, 6.07) is 0. The third kappa shape index (κ3) is 1.64. The van der Waals surface area contributed by atoms with Gasteiger partial charge in [0.2, 0.25) is 0 Å². The molecule has 0 aliphatic carbocycles. The van der Waals surface area contributed by atoms with E-state index in [1.54, 1.807) is 0 Å². The molecule has 4 heteroatoms. The van der Waals surface area contributed by atoms with Crippen LogP contribution in [0.1, 0.15) is 30.9 Å². The molecule has 0 saturated heterocycles. The topological polar surface area (TPSA) is 56.7 Å². The molecule has 1 heterocycles. The average molecular weight is 168 g/mol. The van der Waals surface area contributed by atoms with Crippen LogP contribution in [0.4, 0.5) is 0 Å². The van der Waals surface area contributed by atoms with Gasteiger partial charge in [-0.3, -0.25) is 4.68 Å². The van der Waals surface area contributed by atoms with Gasteiger partial charge >= 0.3 is 0 Å². The summed E-state index contributed by atoms with van der Waals surface area (Å²) >= 11 is 0. The largest absolute Gasteiger partial charge is 0.330 e. The quantitative estimate of drug-likeness (QED) is 0.718. The highest BCUT2D eigenvalue weighted by atomic mass is 15.3. The lowest BCUT2D eigenvalue weighted by Gasteiger charge is -2.09. The molecule has 1 atom stereocenters. The first-order valence-corrected chi connectivity index (χ1v) is 4.26. The van der Waals surface area contributed by atoms with Gasteiger partial charge in [0.25, 0.3) is 0 Å². The summed E-state index contributed by atoms with van der Waals surface area (Å²) in [7, 11) is 1.91. The summed E-state index contributed by atoms with van der Waals surface area (Å²) in [5, 5.41) is 4.18. The lowest BCUT2D eigenvalue weighted by atomic mass is 10.1. The highest BCUT2D eigenvalue weighted by Gasteiger charge is 2.13. The Balaban J connectivity index is 2.91. The van der Waals surface area contributed by atoms with Crippen LogP contribution in [-0.4, -0.2) is 21.3 Å². The van der Waals surface area contributed by atoms with E-state index in [2.05, 4.69) is 17.0 Å². The van der Waals surface area contributed by atoms with Crippen molar-refractivity contribution >= 4 is 0 Å². The van der Waals surface area contributed by atoms with Gasteiger partial charge in [-0.05, 0) is 13.3 Å². The number of hydrogen-bond acceptors (Lipinski definition) is 3. The number of aromatic nitrogens is 3. The Morgan fingerprint density at radius 1 is 1.58 bits per heavy atom. The van der Waals surface area contributed by atoms with E-state index in [1.165, 1.54) is 0 Å². The minimum atomic E-state index is 0.344. The summed E-state index contributed by atoms with van der Waals surface area (Å²) in [5.74, 6) is 2.16. The second-order valence-corrected chi connectivity index (χ2v) is 2.98. The zero-order valence-corrected chi connectivity index (χ0v) is 7.91. The zero-order chi connectivity index (χ0) is 9.14. The van der Waals surface area contributed by atoms with Crippen molar-refractivity contribution in [2.24, 2.45) is 12.8 Å². The molecule has 2 N–H and O–H groups in total. The van der Waals surface area contributed by atoms with Crippen LogP contribution >= 0.6 is 0 Å². The second-order valence-electron chi connectivity index (χ2n) is 2.98. The second kappa shape index (κ2) is 3.67. The van der Waals surface area contributed by atoms with Crippen molar-refractivity contribution in [3.05, 3.63) is 11.6 Å². The van der Waals surface area contributed by atoms with Crippen molar-refractivity contribution in [2.75, 3.05) is 6.54 Å². The maximum Gasteiger partial charge on any atom is 0.147 e.